The Bertz CT molecular complexity index is 937. The van der Waals surface area contributed by atoms with E-state index in [9.17, 15) is 4.79 Å². The van der Waals surface area contributed by atoms with Crippen LogP contribution in [-0.2, 0) is 0 Å². The van der Waals surface area contributed by atoms with Crippen LogP contribution in [-0.4, -0.2) is 47.6 Å². The monoisotopic (exact) mass is 365 g/mol. The summed E-state index contributed by atoms with van der Waals surface area (Å²) in [4.78, 5) is 22.1. The van der Waals surface area contributed by atoms with Gasteiger partial charge in [0.2, 0.25) is 0 Å². The number of ether oxygens (including phenoxy) is 2. The van der Waals surface area contributed by atoms with Gasteiger partial charge in [0, 0.05) is 30.6 Å². The zero-order chi connectivity index (χ0) is 18.6. The van der Waals surface area contributed by atoms with Crippen LogP contribution in [0.5, 0.6) is 11.5 Å². The molecule has 6 nitrogen and oxygen atoms in total. The van der Waals surface area contributed by atoms with E-state index in [1.54, 1.807) is 13.4 Å². The van der Waals surface area contributed by atoms with Crippen LogP contribution >= 0.6 is 0 Å². The Morgan fingerprint density at radius 3 is 3.04 bits per heavy atom. The first-order valence-corrected chi connectivity index (χ1v) is 9.22. The largest absolute Gasteiger partial charge is 0.497 e. The topological polar surface area (TPSA) is 67.5 Å². The molecule has 0 bridgehead atoms. The lowest BCUT2D eigenvalue weighted by molar-refractivity contribution is 0.0633. The fourth-order valence-electron chi connectivity index (χ4n) is 3.54. The highest BCUT2D eigenvalue weighted by molar-refractivity contribution is 5.97. The van der Waals surface area contributed by atoms with Crippen molar-refractivity contribution >= 4 is 16.9 Å². The summed E-state index contributed by atoms with van der Waals surface area (Å²) in [6.45, 7) is 2.09. The highest BCUT2D eigenvalue weighted by Crippen LogP contribution is 2.23. The number of imidazole rings is 1. The van der Waals surface area contributed by atoms with E-state index in [0.29, 0.717) is 24.6 Å². The predicted molar refractivity (Wildman–Crippen MR) is 103 cm³/mol. The van der Waals surface area contributed by atoms with E-state index in [0.717, 1.165) is 41.9 Å². The van der Waals surface area contributed by atoms with Crippen molar-refractivity contribution in [2.75, 3.05) is 26.8 Å². The van der Waals surface area contributed by atoms with Crippen molar-refractivity contribution in [3.63, 3.8) is 0 Å². The summed E-state index contributed by atoms with van der Waals surface area (Å²) >= 11 is 0. The van der Waals surface area contributed by atoms with E-state index >= 15 is 0 Å². The van der Waals surface area contributed by atoms with Crippen LogP contribution in [0.1, 0.15) is 23.2 Å². The number of amides is 1. The molecule has 1 N–H and O–H groups in total. The van der Waals surface area contributed by atoms with Gasteiger partial charge in [-0.25, -0.2) is 4.98 Å². The highest BCUT2D eigenvalue weighted by Gasteiger charge is 2.25. The summed E-state index contributed by atoms with van der Waals surface area (Å²) in [5, 5.41) is 0. The minimum atomic E-state index is 0.0672. The number of hydrogen-bond donors (Lipinski definition) is 1. The van der Waals surface area contributed by atoms with Crippen molar-refractivity contribution in [2.45, 2.75) is 12.8 Å². The molecular weight excluding hydrogens is 342 g/mol. The number of likely N-dealkylation sites (tertiary alicyclic amines) is 1. The van der Waals surface area contributed by atoms with Gasteiger partial charge in [0.15, 0.2) is 0 Å². The van der Waals surface area contributed by atoms with Gasteiger partial charge in [-0.1, -0.05) is 6.07 Å². The molecule has 0 aliphatic carbocycles. The van der Waals surface area contributed by atoms with E-state index in [1.165, 1.54) is 0 Å². The molecular formula is C21H23N3O3. The first kappa shape index (κ1) is 17.4. The van der Waals surface area contributed by atoms with Gasteiger partial charge in [-0.3, -0.25) is 4.79 Å². The fourth-order valence-corrected chi connectivity index (χ4v) is 3.54. The Balaban J connectivity index is 1.39. The smallest absolute Gasteiger partial charge is 0.253 e. The van der Waals surface area contributed by atoms with Crippen LogP contribution in [0.3, 0.4) is 0 Å². The average Bonchev–Trinajstić information content (AvgIpc) is 3.20. The number of methoxy groups -OCH3 is 1. The third kappa shape index (κ3) is 3.89. The lowest BCUT2D eigenvalue weighted by Gasteiger charge is -2.32. The molecule has 1 aliphatic rings. The van der Waals surface area contributed by atoms with Gasteiger partial charge in [-0.05, 0) is 43.2 Å². The number of carbonyl (C=O) groups excluding carboxylic acids is 1. The number of nitrogens with zero attached hydrogens (tertiary/aromatic N) is 2. The lowest BCUT2D eigenvalue weighted by atomic mass is 9.98. The zero-order valence-electron chi connectivity index (χ0n) is 15.4. The van der Waals surface area contributed by atoms with Gasteiger partial charge in [0.1, 0.15) is 11.5 Å². The van der Waals surface area contributed by atoms with Crippen LogP contribution in [0.2, 0.25) is 0 Å². The Kier molecular flexibility index (Phi) is 4.96. The Morgan fingerprint density at radius 2 is 2.15 bits per heavy atom. The molecule has 1 atom stereocenters. The zero-order valence-corrected chi connectivity index (χ0v) is 15.4. The van der Waals surface area contributed by atoms with Crippen molar-refractivity contribution in [2.24, 2.45) is 5.92 Å². The second-order valence-corrected chi connectivity index (χ2v) is 6.88. The van der Waals surface area contributed by atoms with Gasteiger partial charge < -0.3 is 19.4 Å². The quantitative estimate of drug-likeness (QED) is 0.751. The van der Waals surface area contributed by atoms with Crippen molar-refractivity contribution in [1.82, 2.24) is 14.9 Å². The van der Waals surface area contributed by atoms with Crippen molar-refractivity contribution < 1.29 is 14.3 Å². The molecule has 4 rings (SSSR count). The normalized spacial score (nSPS) is 17.1. The number of aromatic nitrogens is 2. The third-order valence-electron chi connectivity index (χ3n) is 5.00. The summed E-state index contributed by atoms with van der Waals surface area (Å²) in [6, 6.07) is 13.2. The average molecular weight is 365 g/mol. The van der Waals surface area contributed by atoms with E-state index < -0.39 is 0 Å². The molecule has 0 unspecified atom stereocenters. The highest BCUT2D eigenvalue weighted by atomic mass is 16.5. The van der Waals surface area contributed by atoms with Gasteiger partial charge in [0.05, 0.1) is 31.1 Å². The van der Waals surface area contributed by atoms with Crippen LogP contribution in [0.4, 0.5) is 0 Å². The van der Waals surface area contributed by atoms with Crippen LogP contribution in [0.25, 0.3) is 11.0 Å². The van der Waals surface area contributed by atoms with Crippen LogP contribution in [0.15, 0.2) is 48.8 Å². The Morgan fingerprint density at radius 1 is 1.26 bits per heavy atom. The number of fused-ring (bicyclic) bond motifs is 1. The predicted octanol–water partition coefficient (Wildman–Crippen LogP) is 3.50. The Labute approximate surface area is 158 Å². The fraction of sp³-hybridized carbons (Fsp3) is 0.333. The second-order valence-electron chi connectivity index (χ2n) is 6.88. The summed E-state index contributed by atoms with van der Waals surface area (Å²) in [5.74, 6) is 1.96. The number of carbonyl (C=O) groups is 1. The number of nitrogens with one attached hydrogen (secondary N) is 1. The Hall–Kier alpha value is -3.02. The van der Waals surface area contributed by atoms with Crippen molar-refractivity contribution in [3.8, 4) is 11.5 Å². The number of rotatable bonds is 5. The van der Waals surface area contributed by atoms with Crippen molar-refractivity contribution in [1.29, 1.82) is 0 Å². The SMILES string of the molecule is COc1cccc(OC[C@H]2CCCN(C(=O)c3ccc4nc[nH]c4c3)C2)c1. The number of piperidine rings is 1. The maximum Gasteiger partial charge on any atom is 0.253 e. The molecule has 1 aliphatic heterocycles. The van der Waals surface area contributed by atoms with E-state index in [2.05, 4.69) is 9.97 Å². The molecule has 2 aromatic carbocycles. The first-order valence-electron chi connectivity index (χ1n) is 9.22. The molecule has 1 saturated heterocycles. The second kappa shape index (κ2) is 7.70. The number of H-pyrrole nitrogens is 1. The molecule has 0 spiro atoms. The minimum absolute atomic E-state index is 0.0672. The maximum atomic E-state index is 12.9. The molecule has 0 radical (unpaired) electrons. The number of aromatic amines is 1. The first-order chi connectivity index (χ1) is 13.2. The van der Waals surface area contributed by atoms with Crippen LogP contribution in [0, 0.1) is 5.92 Å². The molecule has 1 aromatic heterocycles. The van der Waals surface area contributed by atoms with E-state index in [-0.39, 0.29) is 5.91 Å². The maximum absolute atomic E-state index is 12.9. The molecule has 1 fully saturated rings. The standard InChI is InChI=1S/C21H23N3O3/c1-26-17-5-2-6-18(11-17)27-13-15-4-3-9-24(12-15)21(25)16-7-8-19-20(10-16)23-14-22-19/h2,5-8,10-11,14-15H,3-4,9,12-13H2,1H3,(H,22,23)/t15-/m0/s1. The molecule has 6 heteroatoms. The molecule has 2 heterocycles. The molecule has 27 heavy (non-hydrogen) atoms. The molecule has 0 saturated carbocycles. The van der Waals surface area contributed by atoms with E-state index in [4.69, 9.17) is 9.47 Å². The molecule has 3 aromatic rings. The van der Waals surface area contributed by atoms with Gasteiger partial charge in [-0.15, -0.1) is 0 Å². The summed E-state index contributed by atoms with van der Waals surface area (Å²) in [5.41, 5.74) is 2.45. The van der Waals surface area contributed by atoms with E-state index in [1.807, 2.05) is 47.4 Å². The minimum Gasteiger partial charge on any atom is -0.497 e. The van der Waals surface area contributed by atoms with Crippen molar-refractivity contribution in [3.05, 3.63) is 54.4 Å². The summed E-state index contributed by atoms with van der Waals surface area (Å²) < 4.78 is 11.2. The lowest BCUT2D eigenvalue weighted by Crippen LogP contribution is -2.41. The summed E-state index contributed by atoms with van der Waals surface area (Å²) in [6.07, 6.45) is 3.70. The van der Waals surface area contributed by atoms with Gasteiger partial charge in [0.25, 0.3) is 5.91 Å². The summed E-state index contributed by atoms with van der Waals surface area (Å²) in [7, 11) is 1.64. The van der Waals surface area contributed by atoms with Crippen LogP contribution < -0.4 is 9.47 Å². The number of hydrogen-bond acceptors (Lipinski definition) is 4. The number of benzene rings is 2. The molecule has 140 valence electrons. The van der Waals surface area contributed by atoms with Gasteiger partial charge >= 0.3 is 0 Å². The molecule has 1 amide bonds. The van der Waals surface area contributed by atoms with Gasteiger partial charge in [-0.2, -0.15) is 0 Å². The third-order valence-corrected chi connectivity index (χ3v) is 5.00.